The molecule has 5 nitrogen and oxygen atoms in total. The van der Waals surface area contributed by atoms with Crippen LogP contribution in [0.2, 0.25) is 0 Å². The van der Waals surface area contributed by atoms with Crippen molar-refractivity contribution < 1.29 is 19.3 Å². The van der Waals surface area contributed by atoms with Crippen LogP contribution in [0.3, 0.4) is 0 Å². The second-order valence-electron chi connectivity index (χ2n) is 3.78. The van der Waals surface area contributed by atoms with Gasteiger partial charge in [-0.15, -0.1) is 0 Å². The quantitative estimate of drug-likeness (QED) is 0.648. The van der Waals surface area contributed by atoms with Crippen molar-refractivity contribution in [2.24, 2.45) is 0 Å². The van der Waals surface area contributed by atoms with E-state index in [4.69, 9.17) is 14.2 Å². The third-order valence-corrected chi connectivity index (χ3v) is 2.46. The Morgan fingerprint density at radius 2 is 2.00 bits per heavy atom. The van der Waals surface area contributed by atoms with Gasteiger partial charge >= 0.3 is 0 Å². The zero-order valence-electron chi connectivity index (χ0n) is 10.9. The molecule has 0 saturated heterocycles. The highest BCUT2D eigenvalue weighted by molar-refractivity contribution is 5.39. The van der Waals surface area contributed by atoms with E-state index in [9.17, 15) is 5.11 Å². The molecule has 0 saturated carbocycles. The Labute approximate surface area is 108 Å². The van der Waals surface area contributed by atoms with E-state index in [2.05, 4.69) is 5.32 Å². The molecule has 102 valence electrons. The van der Waals surface area contributed by atoms with E-state index in [0.29, 0.717) is 26.4 Å². The molecule has 0 bridgehead atoms. The lowest BCUT2D eigenvalue weighted by atomic mass is 10.2. The Morgan fingerprint density at radius 3 is 2.72 bits per heavy atom. The summed E-state index contributed by atoms with van der Waals surface area (Å²) in [6.07, 6.45) is 0. The van der Waals surface area contributed by atoms with Crippen molar-refractivity contribution in [3.63, 3.8) is 0 Å². The number of hydrogen-bond donors (Lipinski definition) is 2. The molecule has 0 spiro atoms. The van der Waals surface area contributed by atoms with Crippen LogP contribution in [0, 0.1) is 0 Å². The lowest BCUT2D eigenvalue weighted by molar-refractivity contribution is 0.0719. The smallest absolute Gasteiger partial charge is 0.120 e. The van der Waals surface area contributed by atoms with Crippen molar-refractivity contribution in [3.8, 4) is 11.5 Å². The van der Waals surface area contributed by atoms with E-state index < -0.39 is 0 Å². The van der Waals surface area contributed by atoms with Gasteiger partial charge in [0.1, 0.15) is 11.5 Å². The number of benzene rings is 1. The van der Waals surface area contributed by atoms with Crippen molar-refractivity contribution >= 4 is 0 Å². The van der Waals surface area contributed by atoms with Crippen LogP contribution in [0.25, 0.3) is 0 Å². The summed E-state index contributed by atoms with van der Waals surface area (Å²) in [6.45, 7) is 3.13. The SMILES string of the molecule is COCCOCCNCc1cc(OC)ccc1O. The van der Waals surface area contributed by atoms with E-state index in [1.54, 1.807) is 26.4 Å². The van der Waals surface area contributed by atoms with Gasteiger partial charge in [-0.05, 0) is 18.2 Å². The van der Waals surface area contributed by atoms with Gasteiger partial charge < -0.3 is 24.6 Å². The molecule has 0 heterocycles. The molecule has 1 rings (SSSR count). The lowest BCUT2D eigenvalue weighted by Gasteiger charge is -2.09. The highest BCUT2D eigenvalue weighted by Crippen LogP contribution is 2.22. The topological polar surface area (TPSA) is 60.0 Å². The minimum atomic E-state index is 0.267. The molecule has 0 aliphatic heterocycles. The number of methoxy groups -OCH3 is 2. The highest BCUT2D eigenvalue weighted by atomic mass is 16.5. The molecular weight excluding hydrogens is 234 g/mol. The third kappa shape index (κ3) is 5.35. The summed E-state index contributed by atoms with van der Waals surface area (Å²) in [5, 5.41) is 12.8. The van der Waals surface area contributed by atoms with Gasteiger partial charge in [-0.1, -0.05) is 0 Å². The first-order valence-electron chi connectivity index (χ1n) is 5.91. The van der Waals surface area contributed by atoms with Crippen LogP contribution in [0.5, 0.6) is 11.5 Å². The van der Waals surface area contributed by atoms with Crippen LogP contribution < -0.4 is 10.1 Å². The Balaban J connectivity index is 2.22. The second kappa shape index (κ2) is 8.74. The molecule has 0 aliphatic rings. The summed E-state index contributed by atoms with van der Waals surface area (Å²) < 4.78 is 15.3. The Kier molecular flexibility index (Phi) is 7.17. The van der Waals surface area contributed by atoms with E-state index in [0.717, 1.165) is 17.9 Å². The fourth-order valence-corrected chi connectivity index (χ4v) is 1.44. The van der Waals surface area contributed by atoms with Crippen molar-refractivity contribution in [1.29, 1.82) is 0 Å². The molecule has 0 atom stereocenters. The van der Waals surface area contributed by atoms with Gasteiger partial charge in [-0.25, -0.2) is 0 Å². The van der Waals surface area contributed by atoms with Crippen molar-refractivity contribution in [2.75, 3.05) is 40.6 Å². The Hall–Kier alpha value is -1.30. The fraction of sp³-hybridized carbons (Fsp3) is 0.538. The normalized spacial score (nSPS) is 10.6. The zero-order chi connectivity index (χ0) is 13.2. The molecule has 0 fully saturated rings. The van der Waals surface area contributed by atoms with Crippen LogP contribution in [0.1, 0.15) is 5.56 Å². The van der Waals surface area contributed by atoms with Gasteiger partial charge in [0.2, 0.25) is 0 Å². The Morgan fingerprint density at radius 1 is 1.17 bits per heavy atom. The van der Waals surface area contributed by atoms with Gasteiger partial charge in [0, 0.05) is 25.8 Å². The van der Waals surface area contributed by atoms with Gasteiger partial charge in [0.05, 0.1) is 26.9 Å². The van der Waals surface area contributed by atoms with Gasteiger partial charge in [0.25, 0.3) is 0 Å². The van der Waals surface area contributed by atoms with Crippen LogP contribution in [-0.4, -0.2) is 45.7 Å². The molecule has 0 aromatic heterocycles. The van der Waals surface area contributed by atoms with Crippen molar-refractivity contribution in [2.45, 2.75) is 6.54 Å². The van der Waals surface area contributed by atoms with Crippen molar-refractivity contribution in [3.05, 3.63) is 23.8 Å². The summed E-state index contributed by atoms with van der Waals surface area (Å²) in [6, 6.07) is 5.17. The second-order valence-corrected chi connectivity index (χ2v) is 3.78. The molecule has 0 unspecified atom stereocenters. The lowest BCUT2D eigenvalue weighted by Crippen LogP contribution is -2.20. The van der Waals surface area contributed by atoms with Crippen LogP contribution in [-0.2, 0) is 16.0 Å². The third-order valence-electron chi connectivity index (χ3n) is 2.46. The molecular formula is C13H21NO4. The minimum absolute atomic E-state index is 0.267. The number of ether oxygens (including phenoxy) is 3. The van der Waals surface area contributed by atoms with Gasteiger partial charge in [-0.3, -0.25) is 0 Å². The van der Waals surface area contributed by atoms with Crippen LogP contribution in [0.15, 0.2) is 18.2 Å². The molecule has 1 aromatic rings. The average molecular weight is 255 g/mol. The first-order chi connectivity index (χ1) is 8.77. The number of hydrogen-bond acceptors (Lipinski definition) is 5. The molecule has 0 aliphatic carbocycles. The number of aromatic hydroxyl groups is 1. The summed E-state index contributed by atoms with van der Waals surface area (Å²) >= 11 is 0. The number of phenolic OH excluding ortho intramolecular Hbond substituents is 1. The molecule has 0 radical (unpaired) electrons. The van der Waals surface area contributed by atoms with Crippen LogP contribution >= 0.6 is 0 Å². The monoisotopic (exact) mass is 255 g/mol. The van der Waals surface area contributed by atoms with E-state index in [1.165, 1.54) is 0 Å². The minimum Gasteiger partial charge on any atom is -0.508 e. The maximum atomic E-state index is 9.66. The number of nitrogens with one attached hydrogen (secondary N) is 1. The number of rotatable bonds is 9. The predicted octanol–water partition coefficient (Wildman–Crippen LogP) is 1.15. The van der Waals surface area contributed by atoms with E-state index in [-0.39, 0.29) is 5.75 Å². The van der Waals surface area contributed by atoms with Crippen LogP contribution in [0.4, 0.5) is 0 Å². The molecule has 1 aromatic carbocycles. The summed E-state index contributed by atoms with van der Waals surface area (Å²) in [7, 11) is 3.25. The van der Waals surface area contributed by atoms with Gasteiger partial charge in [-0.2, -0.15) is 0 Å². The fourth-order valence-electron chi connectivity index (χ4n) is 1.44. The maximum Gasteiger partial charge on any atom is 0.120 e. The first-order valence-corrected chi connectivity index (χ1v) is 5.91. The van der Waals surface area contributed by atoms with Gasteiger partial charge in [0.15, 0.2) is 0 Å². The standard InChI is InChI=1S/C13H21NO4/c1-16-7-8-18-6-5-14-10-11-9-12(17-2)3-4-13(11)15/h3-4,9,14-15H,5-8,10H2,1-2H3. The van der Waals surface area contributed by atoms with E-state index >= 15 is 0 Å². The Bertz CT molecular complexity index is 344. The van der Waals surface area contributed by atoms with Crippen molar-refractivity contribution in [1.82, 2.24) is 5.32 Å². The van der Waals surface area contributed by atoms with E-state index in [1.807, 2.05) is 6.07 Å². The maximum absolute atomic E-state index is 9.66. The molecule has 5 heteroatoms. The average Bonchev–Trinajstić information content (AvgIpc) is 2.39. The summed E-state index contributed by atoms with van der Waals surface area (Å²) in [5.41, 5.74) is 0.811. The largest absolute Gasteiger partial charge is 0.508 e. The number of phenols is 1. The summed E-state index contributed by atoms with van der Waals surface area (Å²) in [5.74, 6) is 1.00. The first kappa shape index (κ1) is 14.8. The highest BCUT2D eigenvalue weighted by Gasteiger charge is 2.02. The molecule has 2 N–H and O–H groups in total. The zero-order valence-corrected chi connectivity index (χ0v) is 10.9. The predicted molar refractivity (Wildman–Crippen MR) is 69.1 cm³/mol. The molecule has 18 heavy (non-hydrogen) atoms. The summed E-state index contributed by atoms with van der Waals surface area (Å²) in [4.78, 5) is 0. The molecule has 0 amide bonds.